The number of carbonyl (C=O) groups excluding carboxylic acids is 1. The van der Waals surface area contributed by atoms with Gasteiger partial charge < -0.3 is 14.9 Å². The van der Waals surface area contributed by atoms with Gasteiger partial charge >= 0.3 is 0 Å². The molecule has 2 aromatic carbocycles. The molecule has 1 aromatic heterocycles. The first-order chi connectivity index (χ1) is 13.5. The zero-order chi connectivity index (χ0) is 19.9. The van der Waals surface area contributed by atoms with Crippen molar-refractivity contribution in [1.82, 2.24) is 5.16 Å². The van der Waals surface area contributed by atoms with Gasteiger partial charge in [0.1, 0.15) is 11.2 Å². The van der Waals surface area contributed by atoms with E-state index in [4.69, 9.17) is 4.52 Å². The number of anilines is 1. The first-order valence-corrected chi connectivity index (χ1v) is 9.53. The molecule has 2 N–H and O–H groups in total. The van der Waals surface area contributed by atoms with Crippen LogP contribution < -0.4 is 5.32 Å². The number of benzene rings is 2. The van der Waals surface area contributed by atoms with Crippen LogP contribution in [-0.2, 0) is 10.2 Å². The monoisotopic (exact) mass is 376 g/mol. The number of carbonyl (C=O) groups is 1. The number of hydrogen-bond donors (Lipinski definition) is 2. The molecule has 0 aliphatic carbocycles. The summed E-state index contributed by atoms with van der Waals surface area (Å²) in [6.45, 7) is 5.81. The first-order valence-electron chi connectivity index (χ1n) is 9.53. The van der Waals surface area contributed by atoms with Crippen LogP contribution in [0.3, 0.4) is 0 Å². The predicted molar refractivity (Wildman–Crippen MR) is 108 cm³/mol. The maximum Gasteiger partial charge on any atom is 0.239 e. The number of fused-ring (bicyclic) bond motifs is 1. The van der Waals surface area contributed by atoms with E-state index in [0.717, 1.165) is 39.4 Å². The van der Waals surface area contributed by atoms with Gasteiger partial charge in [-0.25, -0.2) is 0 Å². The van der Waals surface area contributed by atoms with E-state index < -0.39 is 5.41 Å². The van der Waals surface area contributed by atoms with Crippen LogP contribution in [0.25, 0.3) is 11.1 Å². The summed E-state index contributed by atoms with van der Waals surface area (Å²) in [7, 11) is 0. The third-order valence-corrected chi connectivity index (χ3v) is 5.67. The predicted octanol–water partition coefficient (Wildman–Crippen LogP) is 4.22. The minimum Gasteiger partial charge on any atom is -0.396 e. The molecule has 2 atom stereocenters. The van der Waals surface area contributed by atoms with Crippen molar-refractivity contribution in [1.29, 1.82) is 0 Å². The molecule has 0 fully saturated rings. The van der Waals surface area contributed by atoms with Crippen molar-refractivity contribution in [3.8, 4) is 11.1 Å². The van der Waals surface area contributed by atoms with Crippen LogP contribution >= 0.6 is 0 Å². The van der Waals surface area contributed by atoms with E-state index in [1.165, 1.54) is 0 Å². The van der Waals surface area contributed by atoms with Gasteiger partial charge in [0.2, 0.25) is 5.91 Å². The van der Waals surface area contributed by atoms with Crippen molar-refractivity contribution >= 4 is 11.6 Å². The Morgan fingerprint density at radius 2 is 1.93 bits per heavy atom. The number of nitrogens with one attached hydrogen (secondary N) is 1. The van der Waals surface area contributed by atoms with Gasteiger partial charge in [0, 0.05) is 17.9 Å². The molecule has 3 aromatic rings. The van der Waals surface area contributed by atoms with Crippen molar-refractivity contribution < 1.29 is 14.4 Å². The lowest BCUT2D eigenvalue weighted by Gasteiger charge is -2.31. The van der Waals surface area contributed by atoms with Crippen molar-refractivity contribution in [2.24, 2.45) is 5.92 Å². The number of aliphatic hydroxyl groups is 1. The van der Waals surface area contributed by atoms with Crippen LogP contribution in [0.15, 0.2) is 53.1 Å². The Labute approximate surface area is 164 Å². The highest BCUT2D eigenvalue weighted by Crippen LogP contribution is 2.48. The Balaban J connectivity index is 1.95. The average molecular weight is 376 g/mol. The molecule has 1 unspecified atom stereocenters. The number of hydrogen-bond acceptors (Lipinski definition) is 4. The molecular formula is C23H24N2O3. The third kappa shape index (κ3) is 2.74. The fourth-order valence-electron chi connectivity index (χ4n) is 4.33. The second-order valence-electron chi connectivity index (χ2n) is 7.68. The van der Waals surface area contributed by atoms with Gasteiger partial charge in [-0.15, -0.1) is 0 Å². The van der Waals surface area contributed by atoms with Gasteiger partial charge in [-0.05, 0) is 55.0 Å². The lowest BCUT2D eigenvalue weighted by Crippen LogP contribution is -2.38. The first kappa shape index (κ1) is 18.4. The van der Waals surface area contributed by atoms with Gasteiger partial charge in [0.15, 0.2) is 0 Å². The molecule has 0 saturated heterocycles. The van der Waals surface area contributed by atoms with Gasteiger partial charge in [-0.2, -0.15) is 0 Å². The molecule has 0 radical (unpaired) electrons. The van der Waals surface area contributed by atoms with E-state index >= 15 is 0 Å². The number of aromatic nitrogens is 1. The fraction of sp³-hybridized carbons (Fsp3) is 0.304. The Hall–Kier alpha value is -2.92. The SMILES string of the molecule is Cc1noc(C)c1-c1ccc2c(c1)C(C[C@@H](C)CO)(c1ccccc1)C(=O)N2. The van der Waals surface area contributed by atoms with E-state index in [1.807, 2.05) is 63.2 Å². The Bertz CT molecular complexity index is 1010. The van der Waals surface area contributed by atoms with Gasteiger partial charge in [0.05, 0.1) is 5.69 Å². The second kappa shape index (κ2) is 6.91. The molecule has 5 heteroatoms. The molecule has 2 heterocycles. The van der Waals surface area contributed by atoms with Crippen LogP contribution in [0.1, 0.15) is 35.9 Å². The van der Waals surface area contributed by atoms with Gasteiger partial charge in [-0.3, -0.25) is 4.79 Å². The molecule has 0 saturated carbocycles. The Kier molecular flexibility index (Phi) is 4.55. The molecule has 5 nitrogen and oxygen atoms in total. The van der Waals surface area contributed by atoms with E-state index in [2.05, 4.69) is 16.5 Å². The van der Waals surface area contributed by atoms with Crippen molar-refractivity contribution in [2.45, 2.75) is 32.6 Å². The summed E-state index contributed by atoms with van der Waals surface area (Å²) in [5.74, 6) is 0.674. The third-order valence-electron chi connectivity index (χ3n) is 5.67. The highest BCUT2D eigenvalue weighted by atomic mass is 16.5. The number of rotatable bonds is 5. The van der Waals surface area contributed by atoms with Crippen LogP contribution in [0.2, 0.25) is 0 Å². The van der Waals surface area contributed by atoms with Crippen LogP contribution in [0.5, 0.6) is 0 Å². The summed E-state index contributed by atoms with van der Waals surface area (Å²) < 4.78 is 5.34. The van der Waals surface area contributed by atoms with E-state index in [0.29, 0.717) is 6.42 Å². The highest BCUT2D eigenvalue weighted by molar-refractivity contribution is 6.09. The molecule has 28 heavy (non-hydrogen) atoms. The standard InChI is InChI=1S/C23H24N2O3/c1-14(13-26)12-23(18-7-5-4-6-8-18)19-11-17(9-10-20(19)24-22(23)27)21-15(2)25-28-16(21)3/h4-11,14,26H,12-13H2,1-3H3,(H,24,27)/t14-,23?/m1/s1. The van der Waals surface area contributed by atoms with Crippen molar-refractivity contribution in [3.63, 3.8) is 0 Å². The van der Waals surface area contributed by atoms with Gasteiger partial charge in [0.25, 0.3) is 0 Å². The quantitative estimate of drug-likeness (QED) is 0.699. The zero-order valence-electron chi connectivity index (χ0n) is 16.3. The largest absolute Gasteiger partial charge is 0.396 e. The molecule has 0 spiro atoms. The molecule has 1 amide bonds. The zero-order valence-corrected chi connectivity index (χ0v) is 16.3. The number of aliphatic hydroxyl groups excluding tert-OH is 1. The molecule has 144 valence electrons. The maximum absolute atomic E-state index is 13.3. The topological polar surface area (TPSA) is 75.4 Å². The summed E-state index contributed by atoms with van der Waals surface area (Å²) in [6, 6.07) is 15.8. The lowest BCUT2D eigenvalue weighted by molar-refractivity contribution is -0.120. The molecule has 4 rings (SSSR count). The molecule has 1 aliphatic heterocycles. The smallest absolute Gasteiger partial charge is 0.239 e. The van der Waals surface area contributed by atoms with Crippen LogP contribution in [0.4, 0.5) is 5.69 Å². The summed E-state index contributed by atoms with van der Waals surface area (Å²) in [5, 5.41) is 16.8. The average Bonchev–Trinajstić information content (AvgIpc) is 3.18. The summed E-state index contributed by atoms with van der Waals surface area (Å²) in [5.41, 5.74) is 4.60. The maximum atomic E-state index is 13.3. The Morgan fingerprint density at radius 1 is 1.18 bits per heavy atom. The van der Waals surface area contributed by atoms with Gasteiger partial charge in [-0.1, -0.05) is 48.5 Å². The number of amides is 1. The fourth-order valence-corrected chi connectivity index (χ4v) is 4.33. The van der Waals surface area contributed by atoms with Crippen LogP contribution in [-0.4, -0.2) is 22.8 Å². The summed E-state index contributed by atoms with van der Waals surface area (Å²) in [4.78, 5) is 13.3. The highest BCUT2D eigenvalue weighted by Gasteiger charge is 2.48. The van der Waals surface area contributed by atoms with Crippen molar-refractivity contribution in [2.75, 3.05) is 11.9 Å². The van der Waals surface area contributed by atoms with Crippen LogP contribution in [0, 0.1) is 19.8 Å². The summed E-state index contributed by atoms with van der Waals surface area (Å²) in [6.07, 6.45) is 0.525. The minimum atomic E-state index is -0.840. The number of aryl methyl sites for hydroxylation is 2. The molecular weight excluding hydrogens is 352 g/mol. The summed E-state index contributed by atoms with van der Waals surface area (Å²) >= 11 is 0. The minimum absolute atomic E-state index is 0.0281. The van der Waals surface area contributed by atoms with E-state index in [-0.39, 0.29) is 18.4 Å². The van der Waals surface area contributed by atoms with E-state index in [9.17, 15) is 9.90 Å². The normalized spacial score (nSPS) is 19.4. The molecule has 0 bridgehead atoms. The molecule has 1 aliphatic rings. The lowest BCUT2D eigenvalue weighted by atomic mass is 9.69. The second-order valence-corrected chi connectivity index (χ2v) is 7.68. The Morgan fingerprint density at radius 3 is 2.57 bits per heavy atom. The van der Waals surface area contributed by atoms with Crippen molar-refractivity contribution in [3.05, 3.63) is 71.1 Å². The number of nitrogens with zero attached hydrogens (tertiary/aromatic N) is 1. The van der Waals surface area contributed by atoms with E-state index in [1.54, 1.807) is 0 Å².